The minimum atomic E-state index is 0.795. The Morgan fingerprint density at radius 1 is 1.31 bits per heavy atom. The predicted octanol–water partition coefficient (Wildman–Crippen LogP) is 3.72. The quantitative estimate of drug-likeness (QED) is 0.569. The van der Waals surface area contributed by atoms with Crippen molar-refractivity contribution in [2.45, 2.75) is 40.5 Å². The molecular formula is C12H22O. The molecule has 0 bridgehead atoms. The third-order valence-electron chi connectivity index (χ3n) is 1.92. The molecule has 0 radical (unpaired) electrons. The third kappa shape index (κ3) is 7.79. The third-order valence-corrected chi connectivity index (χ3v) is 1.92. The molecule has 0 aliphatic carbocycles. The zero-order valence-electron chi connectivity index (χ0n) is 9.39. The van der Waals surface area contributed by atoms with E-state index in [0.717, 1.165) is 26.1 Å². The molecule has 0 amide bonds. The molecule has 0 unspecified atom stereocenters. The average molecular weight is 182 g/mol. The summed E-state index contributed by atoms with van der Waals surface area (Å²) < 4.78 is 5.36. The Balaban J connectivity index is 3.67. The smallest absolute Gasteiger partial charge is 0.0676 e. The van der Waals surface area contributed by atoms with Crippen molar-refractivity contribution in [3.8, 4) is 0 Å². The van der Waals surface area contributed by atoms with E-state index in [1.807, 2.05) is 6.92 Å². The molecule has 0 aromatic carbocycles. The van der Waals surface area contributed by atoms with Crippen LogP contribution in [-0.4, -0.2) is 13.2 Å². The van der Waals surface area contributed by atoms with Crippen molar-refractivity contribution in [2.24, 2.45) is 0 Å². The van der Waals surface area contributed by atoms with Gasteiger partial charge in [0.15, 0.2) is 0 Å². The highest BCUT2D eigenvalue weighted by Gasteiger charge is 1.94. The summed E-state index contributed by atoms with van der Waals surface area (Å²) in [6.07, 6.45) is 6.70. The topological polar surface area (TPSA) is 9.23 Å². The molecule has 0 rings (SSSR count). The normalized spacial score (nSPS) is 11.5. The van der Waals surface area contributed by atoms with Crippen LogP contribution in [0, 0.1) is 0 Å². The molecule has 0 spiro atoms. The van der Waals surface area contributed by atoms with Crippen molar-refractivity contribution >= 4 is 0 Å². The van der Waals surface area contributed by atoms with Crippen LogP contribution in [0.4, 0.5) is 0 Å². The maximum Gasteiger partial charge on any atom is 0.0676 e. The van der Waals surface area contributed by atoms with E-state index < -0.39 is 0 Å². The van der Waals surface area contributed by atoms with Gasteiger partial charge in [0.2, 0.25) is 0 Å². The van der Waals surface area contributed by atoms with Crippen molar-refractivity contribution in [2.75, 3.05) is 13.2 Å². The summed E-state index contributed by atoms with van der Waals surface area (Å²) in [4.78, 5) is 0. The minimum absolute atomic E-state index is 0.795. The lowest BCUT2D eigenvalue weighted by molar-refractivity contribution is 0.168. The summed E-state index contributed by atoms with van der Waals surface area (Å²) in [5.41, 5.74) is 2.80. The van der Waals surface area contributed by atoms with Crippen LogP contribution in [0.25, 0.3) is 0 Å². The van der Waals surface area contributed by atoms with E-state index in [1.165, 1.54) is 11.1 Å². The highest BCUT2D eigenvalue weighted by atomic mass is 16.5. The standard InChI is InChI=1S/C12H22O/c1-5-12(10-13-6-2)9-7-8-11(3)4/h5,8H,6-7,9-10H2,1-4H3. The van der Waals surface area contributed by atoms with E-state index in [9.17, 15) is 0 Å². The van der Waals surface area contributed by atoms with Gasteiger partial charge >= 0.3 is 0 Å². The lowest BCUT2D eigenvalue weighted by atomic mass is 10.1. The highest BCUT2D eigenvalue weighted by Crippen LogP contribution is 2.07. The van der Waals surface area contributed by atoms with E-state index in [1.54, 1.807) is 0 Å². The Hall–Kier alpha value is -0.560. The number of allylic oxidation sites excluding steroid dienone is 3. The first-order valence-electron chi connectivity index (χ1n) is 5.05. The lowest BCUT2D eigenvalue weighted by Crippen LogP contribution is -1.97. The van der Waals surface area contributed by atoms with Gasteiger partial charge in [-0.15, -0.1) is 0 Å². The van der Waals surface area contributed by atoms with Gasteiger partial charge in [0.25, 0.3) is 0 Å². The van der Waals surface area contributed by atoms with Crippen LogP contribution in [0.3, 0.4) is 0 Å². The molecule has 0 saturated heterocycles. The Bertz CT molecular complexity index is 174. The number of rotatable bonds is 6. The van der Waals surface area contributed by atoms with Crippen LogP contribution in [-0.2, 0) is 4.74 Å². The molecule has 1 heteroatoms. The second kappa shape index (κ2) is 8.06. The molecular weight excluding hydrogens is 160 g/mol. The second-order valence-corrected chi connectivity index (χ2v) is 3.40. The van der Waals surface area contributed by atoms with E-state index in [0.29, 0.717) is 0 Å². The van der Waals surface area contributed by atoms with Crippen molar-refractivity contribution in [3.63, 3.8) is 0 Å². The summed E-state index contributed by atoms with van der Waals surface area (Å²) in [6.45, 7) is 9.99. The fraction of sp³-hybridized carbons (Fsp3) is 0.667. The molecule has 0 atom stereocenters. The number of ether oxygens (including phenoxy) is 1. The molecule has 0 aliphatic rings. The largest absolute Gasteiger partial charge is 0.377 e. The molecule has 0 fully saturated rings. The van der Waals surface area contributed by atoms with Crippen molar-refractivity contribution in [1.82, 2.24) is 0 Å². The van der Waals surface area contributed by atoms with Crippen molar-refractivity contribution in [3.05, 3.63) is 23.3 Å². The SMILES string of the molecule is CC=C(CCC=C(C)C)COCC. The van der Waals surface area contributed by atoms with Gasteiger partial charge in [0, 0.05) is 6.61 Å². The zero-order chi connectivity index (χ0) is 10.1. The molecule has 0 heterocycles. The van der Waals surface area contributed by atoms with E-state index >= 15 is 0 Å². The summed E-state index contributed by atoms with van der Waals surface area (Å²) in [7, 11) is 0. The van der Waals surface area contributed by atoms with Crippen LogP contribution >= 0.6 is 0 Å². The van der Waals surface area contributed by atoms with E-state index in [4.69, 9.17) is 4.74 Å². The Kier molecular flexibility index (Phi) is 7.71. The average Bonchev–Trinajstić information content (AvgIpc) is 2.10. The van der Waals surface area contributed by atoms with Gasteiger partial charge in [-0.3, -0.25) is 0 Å². The van der Waals surface area contributed by atoms with Crippen LogP contribution in [0.5, 0.6) is 0 Å². The van der Waals surface area contributed by atoms with Crippen LogP contribution in [0.2, 0.25) is 0 Å². The molecule has 0 saturated carbocycles. The molecule has 13 heavy (non-hydrogen) atoms. The Morgan fingerprint density at radius 3 is 2.46 bits per heavy atom. The fourth-order valence-electron chi connectivity index (χ4n) is 1.08. The van der Waals surface area contributed by atoms with Gasteiger partial charge in [0.1, 0.15) is 0 Å². The molecule has 1 nitrogen and oxygen atoms in total. The van der Waals surface area contributed by atoms with Crippen molar-refractivity contribution in [1.29, 1.82) is 0 Å². The molecule has 0 aromatic heterocycles. The Morgan fingerprint density at radius 2 is 2.00 bits per heavy atom. The van der Waals surface area contributed by atoms with Crippen LogP contribution < -0.4 is 0 Å². The summed E-state index contributed by atoms with van der Waals surface area (Å²) >= 11 is 0. The van der Waals surface area contributed by atoms with Gasteiger partial charge in [0.05, 0.1) is 6.61 Å². The highest BCUT2D eigenvalue weighted by molar-refractivity contribution is 5.04. The van der Waals surface area contributed by atoms with Gasteiger partial charge in [-0.25, -0.2) is 0 Å². The van der Waals surface area contributed by atoms with E-state index in [-0.39, 0.29) is 0 Å². The van der Waals surface area contributed by atoms with Gasteiger partial charge in [-0.2, -0.15) is 0 Å². The van der Waals surface area contributed by atoms with Gasteiger partial charge < -0.3 is 4.74 Å². The van der Waals surface area contributed by atoms with Gasteiger partial charge in [-0.1, -0.05) is 17.7 Å². The predicted molar refractivity (Wildman–Crippen MR) is 58.9 cm³/mol. The van der Waals surface area contributed by atoms with Crippen LogP contribution in [0.1, 0.15) is 40.5 Å². The zero-order valence-corrected chi connectivity index (χ0v) is 9.39. The first-order chi connectivity index (χ1) is 6.20. The monoisotopic (exact) mass is 182 g/mol. The molecule has 0 aromatic rings. The van der Waals surface area contributed by atoms with Gasteiger partial charge in [-0.05, 0) is 46.1 Å². The molecule has 0 aliphatic heterocycles. The summed E-state index contributed by atoms with van der Waals surface area (Å²) in [5, 5.41) is 0. The number of hydrogen-bond donors (Lipinski definition) is 0. The summed E-state index contributed by atoms with van der Waals surface area (Å²) in [6, 6.07) is 0. The number of hydrogen-bond acceptors (Lipinski definition) is 1. The maximum absolute atomic E-state index is 5.36. The van der Waals surface area contributed by atoms with Crippen molar-refractivity contribution < 1.29 is 4.74 Å². The van der Waals surface area contributed by atoms with Crippen LogP contribution in [0.15, 0.2) is 23.3 Å². The Labute approximate surface area is 82.5 Å². The maximum atomic E-state index is 5.36. The molecule has 76 valence electrons. The van der Waals surface area contributed by atoms with E-state index in [2.05, 4.69) is 32.9 Å². The second-order valence-electron chi connectivity index (χ2n) is 3.40. The first kappa shape index (κ1) is 12.4. The minimum Gasteiger partial charge on any atom is -0.377 e. The fourth-order valence-corrected chi connectivity index (χ4v) is 1.08. The molecule has 0 N–H and O–H groups in total. The summed E-state index contributed by atoms with van der Waals surface area (Å²) in [5.74, 6) is 0. The first-order valence-corrected chi connectivity index (χ1v) is 5.05. The lowest BCUT2D eigenvalue weighted by Gasteiger charge is -2.05.